The zero-order chi connectivity index (χ0) is 16.5. The van der Waals surface area contributed by atoms with E-state index in [-0.39, 0.29) is 5.91 Å². The minimum Gasteiger partial charge on any atom is -0.459 e. The molecule has 0 radical (unpaired) electrons. The average molecular weight is 316 g/mol. The number of benzene rings is 2. The Labute approximate surface area is 139 Å². The third kappa shape index (κ3) is 2.52. The van der Waals surface area contributed by atoms with Crippen molar-refractivity contribution in [3.05, 3.63) is 78.2 Å². The van der Waals surface area contributed by atoms with Crippen molar-refractivity contribution in [1.82, 2.24) is 9.88 Å². The number of amides is 1. The summed E-state index contributed by atoms with van der Waals surface area (Å²) in [5, 5.41) is 1.91. The summed E-state index contributed by atoms with van der Waals surface area (Å²) in [6, 6.07) is 19.2. The molecule has 0 unspecified atom stereocenters. The van der Waals surface area contributed by atoms with Crippen LogP contribution in [0.5, 0.6) is 0 Å². The molecule has 0 saturated carbocycles. The van der Waals surface area contributed by atoms with Crippen LogP contribution in [0.3, 0.4) is 0 Å². The Hall–Kier alpha value is -3.14. The smallest absolute Gasteiger partial charge is 0.254 e. The predicted molar refractivity (Wildman–Crippen MR) is 93.8 cm³/mol. The average Bonchev–Trinajstić information content (AvgIpc) is 3.02. The summed E-state index contributed by atoms with van der Waals surface area (Å²) in [5.74, 6) is 0.722. The monoisotopic (exact) mass is 316 g/mol. The van der Waals surface area contributed by atoms with Crippen molar-refractivity contribution in [2.24, 2.45) is 0 Å². The molecule has 0 fully saturated rings. The van der Waals surface area contributed by atoms with E-state index >= 15 is 0 Å². The van der Waals surface area contributed by atoms with E-state index in [0.29, 0.717) is 12.1 Å². The summed E-state index contributed by atoms with van der Waals surface area (Å²) < 4.78 is 5.81. The van der Waals surface area contributed by atoms with Gasteiger partial charge in [-0.2, -0.15) is 0 Å². The lowest BCUT2D eigenvalue weighted by molar-refractivity contribution is 0.0778. The third-order valence-corrected chi connectivity index (χ3v) is 4.10. The molecule has 24 heavy (non-hydrogen) atoms. The molecule has 2 aromatic carbocycles. The molecule has 0 saturated heterocycles. The Morgan fingerprint density at radius 1 is 1.08 bits per heavy atom. The van der Waals surface area contributed by atoms with Crippen LogP contribution in [0.25, 0.3) is 21.9 Å². The Bertz CT molecular complexity index is 998. The summed E-state index contributed by atoms with van der Waals surface area (Å²) in [6.45, 7) is 0.421. The van der Waals surface area contributed by atoms with E-state index in [1.807, 2.05) is 54.6 Å². The maximum atomic E-state index is 12.8. The van der Waals surface area contributed by atoms with Crippen LogP contribution in [0, 0.1) is 0 Å². The Kier molecular flexibility index (Phi) is 3.50. The highest BCUT2D eigenvalue weighted by Crippen LogP contribution is 2.22. The highest BCUT2D eigenvalue weighted by Gasteiger charge is 2.16. The fourth-order valence-electron chi connectivity index (χ4n) is 2.91. The molecule has 4 nitrogen and oxygen atoms in total. The van der Waals surface area contributed by atoms with E-state index in [4.69, 9.17) is 4.42 Å². The Morgan fingerprint density at radius 3 is 2.75 bits per heavy atom. The lowest BCUT2D eigenvalue weighted by Crippen LogP contribution is -2.26. The van der Waals surface area contributed by atoms with Gasteiger partial charge in [0.15, 0.2) is 0 Å². The van der Waals surface area contributed by atoms with Crippen molar-refractivity contribution in [2.75, 3.05) is 7.05 Å². The largest absolute Gasteiger partial charge is 0.459 e. The standard InChI is InChI=1S/C20H16N2O2/c1-22(13-15-12-14-6-2-5-9-19(14)24-15)20(23)17-10-11-21-18-8-4-3-7-16(17)18/h2-12H,13H2,1H3. The number of carbonyl (C=O) groups excluding carboxylic acids is 1. The first kappa shape index (κ1) is 14.5. The topological polar surface area (TPSA) is 46.3 Å². The lowest BCUT2D eigenvalue weighted by Gasteiger charge is -2.16. The second kappa shape index (κ2) is 5.81. The van der Waals surface area contributed by atoms with E-state index in [2.05, 4.69) is 4.98 Å². The molecule has 4 aromatic rings. The molecular weight excluding hydrogens is 300 g/mol. The molecule has 0 aliphatic heterocycles. The first-order valence-corrected chi connectivity index (χ1v) is 7.79. The van der Waals surface area contributed by atoms with Crippen LogP contribution < -0.4 is 0 Å². The number of rotatable bonds is 3. The molecule has 1 amide bonds. The maximum absolute atomic E-state index is 12.8. The van der Waals surface area contributed by atoms with Crippen molar-refractivity contribution in [3.8, 4) is 0 Å². The number of hydrogen-bond donors (Lipinski definition) is 0. The van der Waals surface area contributed by atoms with Crippen molar-refractivity contribution < 1.29 is 9.21 Å². The van der Waals surface area contributed by atoms with Crippen LogP contribution in [0.2, 0.25) is 0 Å². The number of fused-ring (bicyclic) bond motifs is 2. The number of aromatic nitrogens is 1. The van der Waals surface area contributed by atoms with Gasteiger partial charge in [0.25, 0.3) is 5.91 Å². The van der Waals surface area contributed by atoms with Gasteiger partial charge in [0, 0.05) is 24.0 Å². The van der Waals surface area contributed by atoms with Gasteiger partial charge in [-0.1, -0.05) is 36.4 Å². The third-order valence-electron chi connectivity index (χ3n) is 4.10. The molecule has 0 aliphatic rings. The van der Waals surface area contributed by atoms with Crippen molar-refractivity contribution in [2.45, 2.75) is 6.54 Å². The number of hydrogen-bond acceptors (Lipinski definition) is 3. The van der Waals surface area contributed by atoms with Crippen LogP contribution in [0.4, 0.5) is 0 Å². The molecule has 4 heteroatoms. The maximum Gasteiger partial charge on any atom is 0.254 e. The van der Waals surface area contributed by atoms with Gasteiger partial charge in [0.05, 0.1) is 17.6 Å². The fraction of sp³-hybridized carbons (Fsp3) is 0.100. The number of pyridine rings is 1. The minimum atomic E-state index is -0.0472. The molecule has 0 aliphatic carbocycles. The molecule has 118 valence electrons. The van der Waals surface area contributed by atoms with Gasteiger partial charge in [0.1, 0.15) is 11.3 Å². The number of furan rings is 1. The van der Waals surface area contributed by atoms with Gasteiger partial charge in [-0.3, -0.25) is 9.78 Å². The van der Waals surface area contributed by atoms with E-state index in [1.54, 1.807) is 24.2 Å². The Morgan fingerprint density at radius 2 is 1.88 bits per heavy atom. The first-order valence-electron chi connectivity index (χ1n) is 7.79. The summed E-state index contributed by atoms with van der Waals surface area (Å²) >= 11 is 0. The second-order valence-electron chi connectivity index (χ2n) is 5.79. The molecule has 2 aromatic heterocycles. The Balaban J connectivity index is 1.63. The van der Waals surface area contributed by atoms with E-state index in [9.17, 15) is 4.79 Å². The van der Waals surface area contributed by atoms with Crippen LogP contribution in [0.15, 0.2) is 71.3 Å². The normalized spacial score (nSPS) is 11.0. The number of nitrogens with zero attached hydrogens (tertiary/aromatic N) is 2. The van der Waals surface area contributed by atoms with E-state index < -0.39 is 0 Å². The van der Waals surface area contributed by atoms with Gasteiger partial charge >= 0.3 is 0 Å². The highest BCUT2D eigenvalue weighted by atomic mass is 16.3. The zero-order valence-corrected chi connectivity index (χ0v) is 13.3. The molecule has 2 heterocycles. The summed E-state index contributed by atoms with van der Waals surface area (Å²) in [6.07, 6.45) is 1.67. The zero-order valence-electron chi connectivity index (χ0n) is 13.3. The van der Waals surface area contributed by atoms with Gasteiger partial charge < -0.3 is 9.32 Å². The second-order valence-corrected chi connectivity index (χ2v) is 5.79. The van der Waals surface area contributed by atoms with Crippen LogP contribution in [-0.4, -0.2) is 22.8 Å². The lowest BCUT2D eigenvalue weighted by atomic mass is 10.1. The predicted octanol–water partition coefficient (Wildman–Crippen LogP) is 4.25. The van der Waals surface area contributed by atoms with Crippen LogP contribution in [-0.2, 0) is 6.54 Å². The van der Waals surface area contributed by atoms with Gasteiger partial charge in [-0.05, 0) is 24.3 Å². The van der Waals surface area contributed by atoms with Crippen molar-refractivity contribution >= 4 is 27.8 Å². The molecule has 0 bridgehead atoms. The van der Waals surface area contributed by atoms with Gasteiger partial charge in [-0.15, -0.1) is 0 Å². The van der Waals surface area contributed by atoms with Gasteiger partial charge in [-0.25, -0.2) is 0 Å². The minimum absolute atomic E-state index is 0.0472. The molecule has 0 atom stereocenters. The van der Waals surface area contributed by atoms with Gasteiger partial charge in [0.2, 0.25) is 0 Å². The SMILES string of the molecule is CN(Cc1cc2ccccc2o1)C(=O)c1ccnc2ccccc12. The summed E-state index contributed by atoms with van der Waals surface area (Å²) in [5.41, 5.74) is 2.31. The molecule has 4 rings (SSSR count). The van der Waals surface area contributed by atoms with Crippen LogP contribution >= 0.6 is 0 Å². The van der Waals surface area contributed by atoms with Crippen molar-refractivity contribution in [1.29, 1.82) is 0 Å². The van der Waals surface area contributed by atoms with Crippen molar-refractivity contribution in [3.63, 3.8) is 0 Å². The first-order chi connectivity index (χ1) is 11.7. The molecule has 0 N–H and O–H groups in total. The number of para-hydroxylation sites is 2. The highest BCUT2D eigenvalue weighted by molar-refractivity contribution is 6.05. The molecule has 0 spiro atoms. The van der Waals surface area contributed by atoms with E-state index in [1.165, 1.54) is 0 Å². The van der Waals surface area contributed by atoms with E-state index in [0.717, 1.165) is 27.6 Å². The summed E-state index contributed by atoms with van der Waals surface area (Å²) in [7, 11) is 1.78. The fourth-order valence-corrected chi connectivity index (χ4v) is 2.91. The van der Waals surface area contributed by atoms with Crippen LogP contribution in [0.1, 0.15) is 16.1 Å². The molecular formula is C20H16N2O2. The number of carbonyl (C=O) groups is 1. The quantitative estimate of drug-likeness (QED) is 0.567. The summed E-state index contributed by atoms with van der Waals surface area (Å²) in [4.78, 5) is 18.8.